The second-order valence-electron chi connectivity index (χ2n) is 6.61. The maximum Gasteiger partial charge on any atom is 0.258 e. The van der Waals surface area contributed by atoms with Gasteiger partial charge in [0.05, 0.1) is 52.7 Å². The van der Waals surface area contributed by atoms with Gasteiger partial charge in [-0.2, -0.15) is 0 Å². The van der Waals surface area contributed by atoms with Crippen LogP contribution in [0.5, 0.6) is 0 Å². The van der Waals surface area contributed by atoms with E-state index in [2.05, 4.69) is 25.2 Å². The normalized spacial score (nSPS) is 14.7. The van der Waals surface area contributed by atoms with Crippen LogP contribution in [0.3, 0.4) is 0 Å². The van der Waals surface area contributed by atoms with Crippen molar-refractivity contribution in [2.75, 3.05) is 36.5 Å². The Morgan fingerprint density at radius 1 is 1.21 bits per heavy atom. The lowest BCUT2D eigenvalue weighted by molar-refractivity contribution is 0.102. The van der Waals surface area contributed by atoms with Crippen LogP contribution in [0.1, 0.15) is 10.4 Å². The third-order valence-corrected chi connectivity index (χ3v) is 5.75. The second kappa shape index (κ2) is 6.84. The molecule has 1 aliphatic rings. The van der Waals surface area contributed by atoms with Crippen molar-refractivity contribution >= 4 is 50.1 Å². The van der Waals surface area contributed by atoms with Crippen molar-refractivity contribution in [2.45, 2.75) is 0 Å². The standard InChI is InChI=1S/C19H18N6O2S/c1-24-11-21-17-13(3-2-4-14(17)24)22-18(26)12-10-28-15-9-20-19(23-16(12)15)25-5-7-27-8-6-25/h2-4,9-11H,5-8H2,1H3,(H,22,26). The van der Waals surface area contributed by atoms with Crippen LogP contribution < -0.4 is 10.2 Å². The van der Waals surface area contributed by atoms with Gasteiger partial charge in [0.2, 0.25) is 5.95 Å². The fourth-order valence-electron chi connectivity index (χ4n) is 3.34. The van der Waals surface area contributed by atoms with E-state index in [9.17, 15) is 4.79 Å². The van der Waals surface area contributed by atoms with Crippen LogP contribution >= 0.6 is 11.3 Å². The highest BCUT2D eigenvalue weighted by molar-refractivity contribution is 7.17. The van der Waals surface area contributed by atoms with E-state index in [1.54, 1.807) is 12.5 Å². The number of hydrogen-bond acceptors (Lipinski definition) is 7. The van der Waals surface area contributed by atoms with Gasteiger partial charge in [0.25, 0.3) is 5.91 Å². The number of morpholine rings is 1. The van der Waals surface area contributed by atoms with E-state index in [0.29, 0.717) is 35.9 Å². The number of nitrogens with one attached hydrogen (secondary N) is 1. The zero-order valence-electron chi connectivity index (χ0n) is 15.3. The lowest BCUT2D eigenvalue weighted by atomic mass is 10.2. The molecule has 0 bridgehead atoms. The fourth-order valence-corrected chi connectivity index (χ4v) is 4.19. The van der Waals surface area contributed by atoms with Gasteiger partial charge in [-0.1, -0.05) is 6.07 Å². The van der Waals surface area contributed by atoms with Gasteiger partial charge in [-0.3, -0.25) is 4.79 Å². The van der Waals surface area contributed by atoms with Crippen molar-refractivity contribution in [3.8, 4) is 0 Å². The number of carbonyl (C=O) groups is 1. The van der Waals surface area contributed by atoms with E-state index in [-0.39, 0.29) is 5.91 Å². The number of carbonyl (C=O) groups excluding carboxylic acids is 1. The molecule has 9 heteroatoms. The number of para-hydroxylation sites is 1. The molecule has 5 rings (SSSR count). The molecule has 1 aliphatic heterocycles. The number of aromatic nitrogens is 4. The summed E-state index contributed by atoms with van der Waals surface area (Å²) in [4.78, 5) is 28.6. The van der Waals surface area contributed by atoms with Gasteiger partial charge < -0.3 is 19.5 Å². The quantitative estimate of drug-likeness (QED) is 0.575. The molecule has 1 aromatic carbocycles. The lowest BCUT2D eigenvalue weighted by Crippen LogP contribution is -2.37. The van der Waals surface area contributed by atoms with Crippen molar-refractivity contribution in [3.63, 3.8) is 0 Å². The number of thiophene rings is 1. The SMILES string of the molecule is Cn1cnc2c(NC(=O)c3csc4cnc(N5CCOCC5)nc34)cccc21. The summed E-state index contributed by atoms with van der Waals surface area (Å²) in [7, 11) is 1.93. The fraction of sp³-hybridized carbons (Fsp3) is 0.263. The van der Waals surface area contributed by atoms with Gasteiger partial charge in [0, 0.05) is 25.5 Å². The Hall–Kier alpha value is -3.04. The molecule has 3 aromatic heterocycles. The third kappa shape index (κ3) is 2.88. The maximum atomic E-state index is 13.0. The maximum absolute atomic E-state index is 13.0. The number of rotatable bonds is 3. The molecule has 142 valence electrons. The molecule has 0 radical (unpaired) electrons. The average Bonchev–Trinajstić information content (AvgIpc) is 3.33. The van der Waals surface area contributed by atoms with Crippen molar-refractivity contribution in [1.29, 1.82) is 0 Å². The van der Waals surface area contributed by atoms with Crippen LogP contribution in [0.15, 0.2) is 36.1 Å². The lowest BCUT2D eigenvalue weighted by Gasteiger charge is -2.26. The summed E-state index contributed by atoms with van der Waals surface area (Å²) >= 11 is 1.47. The minimum absolute atomic E-state index is 0.198. The highest BCUT2D eigenvalue weighted by Crippen LogP contribution is 2.28. The Bertz CT molecular complexity index is 1180. The first kappa shape index (κ1) is 17.1. The highest BCUT2D eigenvalue weighted by Gasteiger charge is 2.19. The first-order valence-corrected chi connectivity index (χ1v) is 9.87. The van der Waals surface area contributed by atoms with Crippen LogP contribution in [-0.4, -0.2) is 51.7 Å². The first-order valence-electron chi connectivity index (χ1n) is 8.99. The van der Waals surface area contributed by atoms with Gasteiger partial charge in [-0.25, -0.2) is 15.0 Å². The largest absolute Gasteiger partial charge is 0.378 e. The number of anilines is 2. The number of aryl methyl sites for hydroxylation is 1. The molecule has 0 unspecified atom stereocenters. The summed E-state index contributed by atoms with van der Waals surface area (Å²) in [6.07, 6.45) is 3.52. The van der Waals surface area contributed by atoms with E-state index in [1.165, 1.54) is 11.3 Å². The number of fused-ring (bicyclic) bond motifs is 2. The number of nitrogens with zero attached hydrogens (tertiary/aromatic N) is 5. The number of hydrogen-bond donors (Lipinski definition) is 1. The molecule has 0 aliphatic carbocycles. The Kier molecular flexibility index (Phi) is 4.18. The molecule has 1 fully saturated rings. The molecular formula is C19H18N6O2S. The first-order chi connectivity index (χ1) is 13.7. The van der Waals surface area contributed by atoms with Crippen molar-refractivity contribution < 1.29 is 9.53 Å². The minimum Gasteiger partial charge on any atom is -0.378 e. The molecule has 8 nitrogen and oxygen atoms in total. The number of imidazole rings is 1. The van der Waals surface area contributed by atoms with Crippen LogP contribution in [-0.2, 0) is 11.8 Å². The molecule has 28 heavy (non-hydrogen) atoms. The molecular weight excluding hydrogens is 376 g/mol. The Morgan fingerprint density at radius 2 is 2.07 bits per heavy atom. The zero-order chi connectivity index (χ0) is 19.1. The Labute approximate surface area is 164 Å². The van der Waals surface area contributed by atoms with E-state index in [0.717, 1.165) is 28.8 Å². The molecule has 0 atom stereocenters. The molecule has 0 spiro atoms. The predicted octanol–water partition coefficient (Wildman–Crippen LogP) is 2.67. The number of benzene rings is 1. The van der Waals surface area contributed by atoms with E-state index in [1.807, 2.05) is 35.2 Å². The molecule has 1 amide bonds. The van der Waals surface area contributed by atoms with Gasteiger partial charge in [0.15, 0.2) is 0 Å². The van der Waals surface area contributed by atoms with Crippen LogP contribution in [0, 0.1) is 0 Å². The van der Waals surface area contributed by atoms with Crippen LogP contribution in [0.2, 0.25) is 0 Å². The monoisotopic (exact) mass is 394 g/mol. The van der Waals surface area contributed by atoms with Crippen molar-refractivity contribution in [2.24, 2.45) is 7.05 Å². The van der Waals surface area contributed by atoms with Crippen LogP contribution in [0.25, 0.3) is 21.3 Å². The highest BCUT2D eigenvalue weighted by atomic mass is 32.1. The molecule has 4 heterocycles. The van der Waals surface area contributed by atoms with E-state index in [4.69, 9.17) is 4.74 Å². The molecule has 4 aromatic rings. The number of amides is 1. The second-order valence-corrected chi connectivity index (χ2v) is 7.53. The summed E-state index contributed by atoms with van der Waals surface area (Å²) in [5.41, 5.74) is 3.63. The third-order valence-electron chi connectivity index (χ3n) is 4.84. The molecule has 1 saturated heterocycles. The topological polar surface area (TPSA) is 85.2 Å². The van der Waals surface area contributed by atoms with Gasteiger partial charge in [-0.15, -0.1) is 11.3 Å². The Balaban J connectivity index is 1.48. The predicted molar refractivity (Wildman–Crippen MR) is 109 cm³/mol. The summed E-state index contributed by atoms with van der Waals surface area (Å²) in [5.74, 6) is 0.436. The number of ether oxygens (including phenoxy) is 1. The van der Waals surface area contributed by atoms with Gasteiger partial charge in [0.1, 0.15) is 5.52 Å². The van der Waals surface area contributed by atoms with Crippen LogP contribution in [0.4, 0.5) is 11.6 Å². The van der Waals surface area contributed by atoms with Crippen molar-refractivity contribution in [1.82, 2.24) is 19.5 Å². The van der Waals surface area contributed by atoms with E-state index < -0.39 is 0 Å². The zero-order valence-corrected chi connectivity index (χ0v) is 16.1. The Morgan fingerprint density at radius 3 is 2.93 bits per heavy atom. The smallest absolute Gasteiger partial charge is 0.258 e. The van der Waals surface area contributed by atoms with E-state index >= 15 is 0 Å². The molecule has 0 saturated carbocycles. The summed E-state index contributed by atoms with van der Waals surface area (Å²) < 4.78 is 8.20. The summed E-state index contributed by atoms with van der Waals surface area (Å²) in [5, 5.41) is 4.82. The van der Waals surface area contributed by atoms with Gasteiger partial charge >= 0.3 is 0 Å². The van der Waals surface area contributed by atoms with Crippen molar-refractivity contribution in [3.05, 3.63) is 41.7 Å². The molecule has 1 N–H and O–H groups in total. The summed E-state index contributed by atoms with van der Waals surface area (Å²) in [6, 6.07) is 5.74. The minimum atomic E-state index is -0.198. The summed E-state index contributed by atoms with van der Waals surface area (Å²) in [6.45, 7) is 2.82. The average molecular weight is 394 g/mol. The van der Waals surface area contributed by atoms with Gasteiger partial charge in [-0.05, 0) is 12.1 Å².